The van der Waals surface area contributed by atoms with E-state index in [1.165, 1.54) is 15.9 Å². The zero-order chi connectivity index (χ0) is 26.5. The summed E-state index contributed by atoms with van der Waals surface area (Å²) >= 11 is 1.29. The van der Waals surface area contributed by atoms with Crippen LogP contribution in [0.1, 0.15) is 28.6 Å². The predicted molar refractivity (Wildman–Crippen MR) is 150 cm³/mol. The van der Waals surface area contributed by atoms with Crippen LogP contribution in [0.2, 0.25) is 0 Å². The van der Waals surface area contributed by atoms with Gasteiger partial charge in [-0.2, -0.15) is 14.6 Å². The first-order valence-electron chi connectivity index (χ1n) is 12.6. The summed E-state index contributed by atoms with van der Waals surface area (Å²) in [5.74, 6) is 1.75. The molecule has 0 aliphatic carbocycles. The Morgan fingerprint density at radius 3 is 2.59 bits per heavy atom. The summed E-state index contributed by atoms with van der Waals surface area (Å²) in [6.07, 6.45) is 3.35. The highest BCUT2D eigenvalue weighted by molar-refractivity contribution is 7.15. The molecule has 0 amide bonds. The van der Waals surface area contributed by atoms with Crippen molar-refractivity contribution in [2.45, 2.75) is 20.0 Å². The molecule has 4 heterocycles. The fourth-order valence-electron chi connectivity index (χ4n) is 4.68. The molecule has 0 saturated heterocycles. The Balaban J connectivity index is 1.31. The van der Waals surface area contributed by atoms with E-state index in [0.29, 0.717) is 26.8 Å². The van der Waals surface area contributed by atoms with E-state index in [1.54, 1.807) is 0 Å². The first-order valence-corrected chi connectivity index (χ1v) is 13.4. The van der Waals surface area contributed by atoms with Crippen LogP contribution in [0.3, 0.4) is 0 Å². The second-order valence-electron chi connectivity index (χ2n) is 9.48. The molecular weight excluding hydrogens is 510 g/mol. The van der Waals surface area contributed by atoms with Crippen LogP contribution in [-0.4, -0.2) is 31.0 Å². The van der Waals surface area contributed by atoms with Crippen molar-refractivity contribution in [2.75, 3.05) is 6.61 Å². The number of rotatable bonds is 4. The van der Waals surface area contributed by atoms with Gasteiger partial charge in [0, 0.05) is 17.3 Å². The van der Waals surface area contributed by atoms with Crippen molar-refractivity contribution in [1.29, 1.82) is 0 Å². The Labute approximate surface area is 227 Å². The third-order valence-corrected chi connectivity index (χ3v) is 7.65. The van der Waals surface area contributed by atoms with Crippen LogP contribution < -0.4 is 19.6 Å². The number of benzene rings is 3. The maximum absolute atomic E-state index is 13.4. The Kier molecular flexibility index (Phi) is 5.52. The maximum Gasteiger partial charge on any atom is 0.291 e. The van der Waals surface area contributed by atoms with Gasteiger partial charge in [-0.05, 0) is 55.8 Å². The molecule has 3 aromatic heterocycles. The third-order valence-electron chi connectivity index (χ3n) is 6.69. The molecule has 1 aliphatic rings. The zero-order valence-electron chi connectivity index (χ0n) is 21.2. The van der Waals surface area contributed by atoms with E-state index in [9.17, 15) is 4.79 Å². The van der Waals surface area contributed by atoms with Gasteiger partial charge in [0.2, 0.25) is 4.96 Å². The van der Waals surface area contributed by atoms with Crippen molar-refractivity contribution in [3.05, 3.63) is 116 Å². The number of hydrogen-bond acceptors (Lipinski definition) is 7. The van der Waals surface area contributed by atoms with Crippen LogP contribution in [0.25, 0.3) is 28.0 Å². The second kappa shape index (κ2) is 9.21. The first-order chi connectivity index (χ1) is 19.0. The summed E-state index contributed by atoms with van der Waals surface area (Å²) in [6.45, 7) is 4.41. The lowest BCUT2D eigenvalue weighted by Crippen LogP contribution is -2.26. The van der Waals surface area contributed by atoms with Gasteiger partial charge in [-0.3, -0.25) is 4.79 Å². The summed E-state index contributed by atoms with van der Waals surface area (Å²) in [5.41, 5.74) is 5.64. The van der Waals surface area contributed by atoms with E-state index in [2.05, 4.69) is 42.1 Å². The van der Waals surface area contributed by atoms with Crippen LogP contribution >= 0.6 is 11.3 Å². The summed E-state index contributed by atoms with van der Waals surface area (Å²) in [6, 6.07) is 23.7. The number of hydrogen-bond donors (Lipinski definition) is 0. The van der Waals surface area contributed by atoms with E-state index in [4.69, 9.17) is 14.6 Å². The summed E-state index contributed by atoms with van der Waals surface area (Å²) in [7, 11) is 0. The number of fused-ring (bicyclic) bond motifs is 2. The van der Waals surface area contributed by atoms with Crippen LogP contribution in [-0.2, 0) is 0 Å². The van der Waals surface area contributed by atoms with Crippen LogP contribution in [0.4, 0.5) is 0 Å². The monoisotopic (exact) mass is 533 g/mol. The molecule has 39 heavy (non-hydrogen) atoms. The molecule has 1 aliphatic heterocycles. The van der Waals surface area contributed by atoms with Gasteiger partial charge in [-0.15, -0.1) is 5.10 Å². The molecule has 192 valence electrons. The van der Waals surface area contributed by atoms with Gasteiger partial charge < -0.3 is 9.47 Å². The number of thiazole rings is 1. The Hall–Kier alpha value is -4.76. The van der Waals surface area contributed by atoms with E-state index in [0.717, 1.165) is 33.6 Å². The van der Waals surface area contributed by atoms with Gasteiger partial charge in [0.05, 0.1) is 10.2 Å². The molecule has 6 aromatic rings. The minimum absolute atomic E-state index is 0.231. The average molecular weight is 534 g/mol. The number of aryl methyl sites for hydroxylation is 2. The van der Waals surface area contributed by atoms with Gasteiger partial charge in [0.15, 0.2) is 23.4 Å². The van der Waals surface area contributed by atoms with Gasteiger partial charge in [-0.25, -0.2) is 4.68 Å². The van der Waals surface area contributed by atoms with Gasteiger partial charge in [-0.1, -0.05) is 59.4 Å². The lowest BCUT2D eigenvalue weighted by Gasteiger charge is -2.24. The highest BCUT2D eigenvalue weighted by atomic mass is 32.1. The SMILES string of the molecule is Cc1ccc(C)c(-c2nn(-c3ccccc3)cc2/C=c2\sc3nc(C4COc5ccccc5O4)nn3c2=O)c1. The predicted octanol–water partition coefficient (Wildman–Crippen LogP) is 4.68. The molecule has 1 unspecified atom stereocenters. The standard InChI is InChI=1S/C30H23N5O3S/c1-18-12-13-19(2)22(14-18)27-20(16-34(32-27)21-8-4-3-5-9-21)15-26-29(36)35-30(39-26)31-28(33-35)25-17-37-23-10-6-7-11-24(23)38-25/h3-16,25H,17H2,1-2H3/b26-15-. The second-order valence-corrected chi connectivity index (χ2v) is 10.5. The molecule has 3 aromatic carbocycles. The molecule has 0 saturated carbocycles. The van der Waals surface area contributed by atoms with Crippen molar-refractivity contribution in [3.63, 3.8) is 0 Å². The number of para-hydroxylation sites is 3. The van der Waals surface area contributed by atoms with Crippen molar-refractivity contribution < 1.29 is 9.47 Å². The minimum Gasteiger partial charge on any atom is -0.485 e. The zero-order valence-corrected chi connectivity index (χ0v) is 22.1. The Morgan fingerprint density at radius 1 is 0.974 bits per heavy atom. The van der Waals surface area contributed by atoms with E-state index in [-0.39, 0.29) is 12.2 Å². The average Bonchev–Trinajstić information content (AvgIpc) is 3.65. The van der Waals surface area contributed by atoms with Crippen LogP contribution in [0.15, 0.2) is 83.8 Å². The lowest BCUT2D eigenvalue weighted by atomic mass is 10.0. The molecular formula is C30H23N5O3S. The summed E-state index contributed by atoms with van der Waals surface area (Å²) in [5, 5.41) is 9.42. The lowest BCUT2D eigenvalue weighted by molar-refractivity contribution is 0.0852. The van der Waals surface area contributed by atoms with Crippen molar-refractivity contribution >= 4 is 22.4 Å². The fourth-order valence-corrected chi connectivity index (χ4v) is 5.59. The highest BCUT2D eigenvalue weighted by Crippen LogP contribution is 2.35. The fraction of sp³-hybridized carbons (Fsp3) is 0.133. The normalized spacial score (nSPS) is 15.2. The van der Waals surface area contributed by atoms with Crippen molar-refractivity contribution in [3.8, 4) is 28.4 Å². The smallest absolute Gasteiger partial charge is 0.291 e. The molecule has 0 bridgehead atoms. The molecule has 0 radical (unpaired) electrons. The number of aromatic nitrogens is 5. The Morgan fingerprint density at radius 2 is 1.77 bits per heavy atom. The molecule has 1 atom stereocenters. The topological polar surface area (TPSA) is 83.5 Å². The van der Waals surface area contributed by atoms with E-state index >= 15 is 0 Å². The minimum atomic E-state index is -0.487. The number of nitrogens with zero attached hydrogens (tertiary/aromatic N) is 5. The Bertz CT molecular complexity index is 1960. The largest absolute Gasteiger partial charge is 0.485 e. The molecule has 9 heteroatoms. The molecule has 7 rings (SSSR count). The van der Waals surface area contributed by atoms with E-state index < -0.39 is 6.10 Å². The molecule has 0 N–H and O–H groups in total. The maximum atomic E-state index is 13.4. The van der Waals surface area contributed by atoms with Crippen LogP contribution in [0, 0.1) is 13.8 Å². The quantitative estimate of drug-likeness (QED) is 0.327. The molecule has 8 nitrogen and oxygen atoms in total. The van der Waals surface area contributed by atoms with Crippen molar-refractivity contribution in [2.24, 2.45) is 0 Å². The summed E-state index contributed by atoms with van der Waals surface area (Å²) in [4.78, 5) is 18.5. The van der Waals surface area contributed by atoms with Gasteiger partial charge in [0.25, 0.3) is 5.56 Å². The van der Waals surface area contributed by atoms with E-state index in [1.807, 2.05) is 71.6 Å². The molecule has 0 spiro atoms. The third kappa shape index (κ3) is 4.17. The summed E-state index contributed by atoms with van der Waals surface area (Å²) < 4.78 is 15.6. The highest BCUT2D eigenvalue weighted by Gasteiger charge is 2.27. The number of ether oxygens (including phenoxy) is 2. The first kappa shape index (κ1) is 23.4. The van der Waals surface area contributed by atoms with Gasteiger partial charge >= 0.3 is 0 Å². The van der Waals surface area contributed by atoms with Crippen molar-refractivity contribution in [1.82, 2.24) is 24.4 Å². The van der Waals surface area contributed by atoms with Crippen LogP contribution in [0.5, 0.6) is 11.5 Å². The molecule has 0 fully saturated rings. The van der Waals surface area contributed by atoms with Gasteiger partial charge in [0.1, 0.15) is 12.3 Å².